The summed E-state index contributed by atoms with van der Waals surface area (Å²) in [7, 11) is 0. The molecular weight excluding hydrogens is 196 g/mol. The van der Waals surface area contributed by atoms with Crippen LogP contribution in [0, 0.1) is 22.2 Å². The second kappa shape index (κ2) is 2.63. The molecule has 0 aliphatic heterocycles. The topological polar surface area (TPSA) is 17.1 Å². The van der Waals surface area contributed by atoms with Crippen LogP contribution in [0.3, 0.4) is 0 Å². The van der Waals surface area contributed by atoms with E-state index in [4.69, 9.17) is 0 Å². The summed E-state index contributed by atoms with van der Waals surface area (Å²) in [5.74, 6) is 0.865. The molecule has 0 heterocycles. The normalized spacial score (nSPS) is 43.1. The van der Waals surface area contributed by atoms with Crippen molar-refractivity contribution in [2.75, 3.05) is 0 Å². The predicted octanol–water partition coefficient (Wildman–Crippen LogP) is 3.74. The number of hydrogen-bond donors (Lipinski definition) is 0. The lowest BCUT2D eigenvalue weighted by atomic mass is 9.53. The summed E-state index contributed by atoms with van der Waals surface area (Å²) in [5, 5.41) is 0. The summed E-state index contributed by atoms with van der Waals surface area (Å²) in [5.41, 5.74) is 1.71. The molecule has 0 saturated heterocycles. The highest BCUT2D eigenvalue weighted by Gasteiger charge is 2.69. The average Bonchev–Trinajstić information content (AvgIpc) is 2.57. The second-order valence-electron chi connectivity index (χ2n) is 7.12. The van der Waals surface area contributed by atoms with E-state index in [0.717, 1.165) is 19.3 Å². The Balaban J connectivity index is 2.27. The zero-order valence-electron chi connectivity index (χ0n) is 10.9. The van der Waals surface area contributed by atoms with Gasteiger partial charge in [0.1, 0.15) is 5.78 Å². The molecule has 0 amide bonds. The molecule has 16 heavy (non-hydrogen) atoms. The molecule has 0 N–H and O–H groups in total. The van der Waals surface area contributed by atoms with E-state index in [1.54, 1.807) is 0 Å². The first kappa shape index (κ1) is 10.6. The minimum atomic E-state index is -0.0839. The van der Waals surface area contributed by atoms with Crippen LogP contribution in [0.1, 0.15) is 53.4 Å². The molecule has 0 aromatic heterocycles. The first-order valence-corrected chi connectivity index (χ1v) is 6.59. The molecule has 2 atom stereocenters. The van der Waals surface area contributed by atoms with Gasteiger partial charge < -0.3 is 0 Å². The summed E-state index contributed by atoms with van der Waals surface area (Å²) in [6.07, 6.45) is 6.95. The summed E-state index contributed by atoms with van der Waals surface area (Å²) in [6, 6.07) is 0. The van der Waals surface area contributed by atoms with Crippen LogP contribution >= 0.6 is 0 Å². The van der Waals surface area contributed by atoms with Gasteiger partial charge >= 0.3 is 0 Å². The number of hydrogen-bond acceptors (Lipinski definition) is 1. The molecule has 1 nitrogen and oxygen atoms in total. The van der Waals surface area contributed by atoms with Crippen molar-refractivity contribution in [2.24, 2.45) is 22.2 Å². The summed E-state index contributed by atoms with van der Waals surface area (Å²) < 4.78 is 0. The third-order valence-electron chi connectivity index (χ3n) is 5.84. The maximum atomic E-state index is 12.7. The average molecular weight is 218 g/mol. The van der Waals surface area contributed by atoms with Gasteiger partial charge in [-0.2, -0.15) is 0 Å². The van der Waals surface area contributed by atoms with E-state index in [0.29, 0.717) is 11.7 Å². The molecular formula is C15H22O. The SMILES string of the molecule is CC1(C)C2=CCCC(C)(C)[C@]23CC[C@H]1C3=O. The van der Waals surface area contributed by atoms with Gasteiger partial charge in [-0.25, -0.2) is 0 Å². The minimum absolute atomic E-state index is 0.0839. The molecule has 2 saturated carbocycles. The number of carbonyl (C=O) groups is 1. The van der Waals surface area contributed by atoms with E-state index in [2.05, 4.69) is 33.8 Å². The van der Waals surface area contributed by atoms with Gasteiger partial charge in [-0.1, -0.05) is 39.3 Å². The van der Waals surface area contributed by atoms with Crippen molar-refractivity contribution in [2.45, 2.75) is 53.4 Å². The van der Waals surface area contributed by atoms with Crippen LogP contribution in [0.2, 0.25) is 0 Å². The summed E-state index contributed by atoms with van der Waals surface area (Å²) >= 11 is 0. The van der Waals surface area contributed by atoms with Crippen LogP contribution in [0.4, 0.5) is 0 Å². The highest BCUT2D eigenvalue weighted by Crippen LogP contribution is 2.71. The van der Waals surface area contributed by atoms with Gasteiger partial charge in [0, 0.05) is 5.92 Å². The molecule has 3 aliphatic rings. The standard InChI is InChI=1S/C15H22O/c1-13(2)8-5-6-11-14(3,4)10-7-9-15(11,13)12(10)16/h6,10H,5,7-9H2,1-4H3/t10-,15+/m0/s1. The Morgan fingerprint density at radius 3 is 2.50 bits per heavy atom. The number of allylic oxidation sites excluding steroid dienone is 2. The van der Waals surface area contributed by atoms with Crippen LogP contribution < -0.4 is 0 Å². The Hall–Kier alpha value is -0.590. The summed E-state index contributed by atoms with van der Waals surface area (Å²) in [4.78, 5) is 12.7. The minimum Gasteiger partial charge on any atom is -0.298 e. The Morgan fingerprint density at radius 1 is 1.19 bits per heavy atom. The fourth-order valence-corrected chi connectivity index (χ4v) is 4.87. The zero-order chi connectivity index (χ0) is 11.8. The molecule has 0 unspecified atom stereocenters. The lowest BCUT2D eigenvalue weighted by Crippen LogP contribution is -2.44. The Morgan fingerprint density at radius 2 is 1.88 bits per heavy atom. The lowest BCUT2D eigenvalue weighted by Gasteiger charge is -2.49. The highest BCUT2D eigenvalue weighted by molar-refractivity contribution is 5.98. The van der Waals surface area contributed by atoms with E-state index in [1.807, 2.05) is 0 Å². The number of carbonyl (C=O) groups excluding carboxylic acids is 1. The third kappa shape index (κ3) is 0.846. The van der Waals surface area contributed by atoms with E-state index in [1.165, 1.54) is 12.0 Å². The van der Waals surface area contributed by atoms with Crippen molar-refractivity contribution >= 4 is 5.78 Å². The fourth-order valence-electron chi connectivity index (χ4n) is 4.87. The number of Topliss-reactive ketones (excluding diaryl/α,β-unsaturated/α-hetero) is 1. The van der Waals surface area contributed by atoms with Crippen LogP contribution in [0.5, 0.6) is 0 Å². The summed E-state index contributed by atoms with van der Waals surface area (Å²) in [6.45, 7) is 9.18. The van der Waals surface area contributed by atoms with Crippen molar-refractivity contribution in [3.05, 3.63) is 11.6 Å². The van der Waals surface area contributed by atoms with Crippen molar-refractivity contribution in [3.63, 3.8) is 0 Å². The number of rotatable bonds is 0. The second-order valence-corrected chi connectivity index (χ2v) is 7.12. The maximum Gasteiger partial charge on any atom is 0.147 e. The van der Waals surface area contributed by atoms with Crippen LogP contribution in [0.25, 0.3) is 0 Å². The molecule has 0 radical (unpaired) electrons. The Kier molecular flexibility index (Phi) is 1.73. The largest absolute Gasteiger partial charge is 0.298 e. The zero-order valence-corrected chi connectivity index (χ0v) is 10.9. The molecule has 88 valence electrons. The van der Waals surface area contributed by atoms with Gasteiger partial charge in [-0.05, 0) is 36.5 Å². The van der Waals surface area contributed by atoms with Gasteiger partial charge in [0.25, 0.3) is 0 Å². The molecule has 1 heteroatoms. The monoisotopic (exact) mass is 218 g/mol. The van der Waals surface area contributed by atoms with E-state index in [9.17, 15) is 4.79 Å². The molecule has 3 aliphatic carbocycles. The lowest BCUT2D eigenvalue weighted by molar-refractivity contribution is -0.130. The molecule has 0 aromatic rings. The predicted molar refractivity (Wildman–Crippen MR) is 65.0 cm³/mol. The van der Waals surface area contributed by atoms with Crippen LogP contribution in [-0.2, 0) is 4.79 Å². The Labute approximate surface area is 98.3 Å². The van der Waals surface area contributed by atoms with E-state index >= 15 is 0 Å². The first-order chi connectivity index (χ1) is 7.34. The molecule has 3 rings (SSSR count). The molecule has 0 aromatic carbocycles. The molecule has 2 bridgehead atoms. The smallest absolute Gasteiger partial charge is 0.147 e. The maximum absolute atomic E-state index is 12.7. The highest BCUT2D eigenvalue weighted by atomic mass is 16.1. The van der Waals surface area contributed by atoms with Crippen LogP contribution in [-0.4, -0.2) is 5.78 Å². The fraction of sp³-hybridized carbons (Fsp3) is 0.800. The van der Waals surface area contributed by atoms with Gasteiger partial charge in [-0.15, -0.1) is 0 Å². The van der Waals surface area contributed by atoms with Gasteiger partial charge in [0.05, 0.1) is 5.41 Å². The van der Waals surface area contributed by atoms with Crippen molar-refractivity contribution in [3.8, 4) is 0 Å². The van der Waals surface area contributed by atoms with E-state index in [-0.39, 0.29) is 16.2 Å². The Bertz CT molecular complexity index is 400. The molecule has 1 spiro atoms. The van der Waals surface area contributed by atoms with Gasteiger partial charge in [-0.3, -0.25) is 4.79 Å². The first-order valence-electron chi connectivity index (χ1n) is 6.59. The number of ketones is 1. The number of fused-ring (bicyclic) bond motifs is 1. The van der Waals surface area contributed by atoms with Gasteiger partial charge in [0.2, 0.25) is 0 Å². The van der Waals surface area contributed by atoms with Gasteiger partial charge in [0.15, 0.2) is 0 Å². The van der Waals surface area contributed by atoms with Crippen molar-refractivity contribution in [1.82, 2.24) is 0 Å². The van der Waals surface area contributed by atoms with Crippen LogP contribution in [0.15, 0.2) is 11.6 Å². The van der Waals surface area contributed by atoms with Crippen molar-refractivity contribution < 1.29 is 4.79 Å². The van der Waals surface area contributed by atoms with Crippen molar-refractivity contribution in [1.29, 1.82) is 0 Å². The quantitative estimate of drug-likeness (QED) is 0.566. The molecule has 2 fully saturated rings. The van der Waals surface area contributed by atoms with E-state index < -0.39 is 0 Å². The third-order valence-corrected chi connectivity index (χ3v) is 5.84.